The average molecular weight is 192 g/mol. The highest BCUT2D eigenvalue weighted by Gasteiger charge is 2.27. The lowest BCUT2D eigenvalue weighted by Gasteiger charge is -2.19. The quantitative estimate of drug-likeness (QED) is 0.687. The van der Waals surface area contributed by atoms with Crippen LogP contribution in [0.1, 0.15) is 20.8 Å². The number of carboxylic acid groups (broad SMARTS) is 1. The first kappa shape index (κ1) is 11.8. The number of aliphatic hydroxyl groups is 1. The normalized spacial score (nSPS) is 14.3. The number of rotatable bonds is 5. The van der Waals surface area contributed by atoms with Crippen molar-refractivity contribution in [3.63, 3.8) is 0 Å². The van der Waals surface area contributed by atoms with Gasteiger partial charge in [0.2, 0.25) is 0 Å². The highest BCUT2D eigenvalue weighted by atomic mass is 32.2. The fraction of sp³-hybridized carbons (Fsp3) is 0.875. The number of aliphatic hydroxyl groups excluding tert-OH is 1. The van der Waals surface area contributed by atoms with Crippen molar-refractivity contribution in [2.75, 3.05) is 12.4 Å². The maximum atomic E-state index is 10.6. The zero-order valence-corrected chi connectivity index (χ0v) is 8.52. The topological polar surface area (TPSA) is 57.5 Å². The molecule has 3 nitrogen and oxygen atoms in total. The van der Waals surface area contributed by atoms with E-state index in [-0.39, 0.29) is 11.9 Å². The van der Waals surface area contributed by atoms with Gasteiger partial charge < -0.3 is 10.2 Å². The molecule has 0 fully saturated rings. The first-order chi connectivity index (χ1) is 5.40. The Morgan fingerprint density at radius 3 is 2.42 bits per heavy atom. The van der Waals surface area contributed by atoms with Crippen LogP contribution in [0.25, 0.3) is 0 Å². The summed E-state index contributed by atoms with van der Waals surface area (Å²) in [4.78, 5) is 10.6. The van der Waals surface area contributed by atoms with Crippen LogP contribution in [0.2, 0.25) is 0 Å². The summed E-state index contributed by atoms with van der Waals surface area (Å²) in [5.74, 6) is -0.260. The summed E-state index contributed by atoms with van der Waals surface area (Å²) in [5, 5.41) is 17.6. The average Bonchev–Trinajstić information content (AvgIpc) is 2.00. The summed E-state index contributed by atoms with van der Waals surface area (Å²) in [6, 6.07) is 0. The Kier molecular flexibility index (Phi) is 4.63. The number of carboxylic acids is 1. The number of hydrogen-bond donors (Lipinski definition) is 2. The van der Waals surface area contributed by atoms with Crippen LogP contribution in [0.15, 0.2) is 0 Å². The van der Waals surface area contributed by atoms with Gasteiger partial charge in [-0.15, -0.1) is 0 Å². The van der Waals surface area contributed by atoms with Gasteiger partial charge in [0, 0.05) is 11.0 Å². The predicted molar refractivity (Wildman–Crippen MR) is 50.4 cm³/mol. The third-order valence-corrected chi connectivity index (χ3v) is 3.17. The number of aliphatic carboxylic acids is 1. The van der Waals surface area contributed by atoms with Crippen molar-refractivity contribution >= 4 is 17.7 Å². The summed E-state index contributed by atoms with van der Waals surface area (Å²) >= 11 is 1.48. The smallest absolute Gasteiger partial charge is 0.309 e. The largest absolute Gasteiger partial charge is 0.481 e. The van der Waals surface area contributed by atoms with Gasteiger partial charge in [0.1, 0.15) is 0 Å². The van der Waals surface area contributed by atoms with E-state index >= 15 is 0 Å². The molecule has 0 aliphatic rings. The van der Waals surface area contributed by atoms with E-state index in [0.29, 0.717) is 5.75 Å². The van der Waals surface area contributed by atoms with Crippen molar-refractivity contribution < 1.29 is 15.0 Å². The van der Waals surface area contributed by atoms with Crippen molar-refractivity contribution in [1.82, 2.24) is 0 Å². The Balaban J connectivity index is 3.83. The maximum absolute atomic E-state index is 10.6. The third-order valence-electron chi connectivity index (χ3n) is 1.56. The van der Waals surface area contributed by atoms with Crippen molar-refractivity contribution in [2.45, 2.75) is 26.0 Å². The second-order valence-electron chi connectivity index (χ2n) is 3.49. The minimum atomic E-state index is -0.792. The van der Waals surface area contributed by atoms with Gasteiger partial charge in [0.15, 0.2) is 0 Å². The minimum Gasteiger partial charge on any atom is -0.481 e. The minimum absolute atomic E-state index is 0.0976. The number of carbonyl (C=O) groups is 1. The van der Waals surface area contributed by atoms with Crippen LogP contribution < -0.4 is 0 Å². The molecule has 0 saturated heterocycles. The standard InChI is InChI=1S/C8H16O3S/c1-6(4-9)12-5-8(2,3)7(10)11/h6,9H,4-5H2,1-3H3,(H,10,11). The lowest BCUT2D eigenvalue weighted by Crippen LogP contribution is -2.27. The van der Waals surface area contributed by atoms with Crippen LogP contribution in [-0.4, -0.2) is 33.8 Å². The molecule has 0 amide bonds. The Morgan fingerprint density at radius 2 is 2.08 bits per heavy atom. The van der Waals surface area contributed by atoms with Gasteiger partial charge in [-0.3, -0.25) is 4.79 Å². The van der Waals surface area contributed by atoms with E-state index in [2.05, 4.69) is 0 Å². The molecule has 0 heterocycles. The molecule has 0 spiro atoms. The number of hydrogen-bond acceptors (Lipinski definition) is 3. The monoisotopic (exact) mass is 192 g/mol. The van der Waals surface area contributed by atoms with Crippen LogP contribution in [0, 0.1) is 5.41 Å². The van der Waals surface area contributed by atoms with Gasteiger partial charge in [-0.05, 0) is 13.8 Å². The van der Waals surface area contributed by atoms with Crippen molar-refractivity contribution in [3.8, 4) is 0 Å². The van der Waals surface area contributed by atoms with Gasteiger partial charge in [-0.2, -0.15) is 11.8 Å². The lowest BCUT2D eigenvalue weighted by molar-refractivity contribution is -0.145. The molecule has 0 aliphatic heterocycles. The summed E-state index contributed by atoms with van der Waals surface area (Å²) in [6.45, 7) is 5.35. The Hall–Kier alpha value is -0.220. The number of thioether (sulfide) groups is 1. The van der Waals surface area contributed by atoms with E-state index in [9.17, 15) is 4.79 Å². The molecule has 4 heteroatoms. The molecule has 0 bridgehead atoms. The zero-order chi connectivity index (χ0) is 9.78. The molecule has 72 valence electrons. The second-order valence-corrected chi connectivity index (χ2v) is 4.92. The molecule has 0 aromatic carbocycles. The van der Waals surface area contributed by atoms with Crippen LogP contribution in [0.5, 0.6) is 0 Å². The van der Waals surface area contributed by atoms with E-state index in [1.807, 2.05) is 6.92 Å². The molecule has 0 rings (SSSR count). The molecule has 12 heavy (non-hydrogen) atoms. The summed E-state index contributed by atoms with van der Waals surface area (Å²) in [5.41, 5.74) is -0.700. The fourth-order valence-corrected chi connectivity index (χ4v) is 1.40. The summed E-state index contributed by atoms with van der Waals surface area (Å²) in [6.07, 6.45) is 0. The first-order valence-corrected chi connectivity index (χ1v) is 4.91. The van der Waals surface area contributed by atoms with Gasteiger partial charge in [0.05, 0.1) is 12.0 Å². The molecule has 0 saturated carbocycles. The van der Waals surface area contributed by atoms with Crippen molar-refractivity contribution in [1.29, 1.82) is 0 Å². The molecule has 0 aromatic heterocycles. The van der Waals surface area contributed by atoms with E-state index in [0.717, 1.165) is 0 Å². The molecular formula is C8H16O3S. The SMILES string of the molecule is CC(CO)SCC(C)(C)C(=O)O. The Morgan fingerprint density at radius 1 is 1.58 bits per heavy atom. The van der Waals surface area contributed by atoms with E-state index in [1.165, 1.54) is 11.8 Å². The molecular weight excluding hydrogens is 176 g/mol. The summed E-state index contributed by atoms with van der Waals surface area (Å²) < 4.78 is 0. The van der Waals surface area contributed by atoms with Gasteiger partial charge >= 0.3 is 5.97 Å². The van der Waals surface area contributed by atoms with Crippen LogP contribution in [0.4, 0.5) is 0 Å². The predicted octanol–water partition coefficient (Wildman–Crippen LogP) is 1.21. The van der Waals surface area contributed by atoms with Crippen LogP contribution >= 0.6 is 11.8 Å². The third kappa shape index (κ3) is 3.97. The van der Waals surface area contributed by atoms with E-state index in [4.69, 9.17) is 10.2 Å². The second kappa shape index (κ2) is 4.72. The fourth-order valence-electron chi connectivity index (χ4n) is 0.465. The Labute approximate surface area is 77.2 Å². The molecule has 0 radical (unpaired) electrons. The van der Waals surface area contributed by atoms with Gasteiger partial charge in [0.25, 0.3) is 0 Å². The van der Waals surface area contributed by atoms with Crippen molar-refractivity contribution in [2.24, 2.45) is 5.41 Å². The summed E-state index contributed by atoms with van der Waals surface area (Å²) in [7, 11) is 0. The highest BCUT2D eigenvalue weighted by molar-refractivity contribution is 7.99. The molecule has 1 atom stereocenters. The molecule has 2 N–H and O–H groups in total. The van der Waals surface area contributed by atoms with E-state index < -0.39 is 11.4 Å². The molecule has 1 unspecified atom stereocenters. The molecule has 0 aliphatic carbocycles. The van der Waals surface area contributed by atoms with Gasteiger partial charge in [-0.25, -0.2) is 0 Å². The maximum Gasteiger partial charge on any atom is 0.309 e. The first-order valence-electron chi connectivity index (χ1n) is 3.86. The molecule has 0 aromatic rings. The van der Waals surface area contributed by atoms with E-state index in [1.54, 1.807) is 13.8 Å². The van der Waals surface area contributed by atoms with Gasteiger partial charge in [-0.1, -0.05) is 6.92 Å². The highest BCUT2D eigenvalue weighted by Crippen LogP contribution is 2.24. The van der Waals surface area contributed by atoms with Crippen LogP contribution in [0.3, 0.4) is 0 Å². The zero-order valence-electron chi connectivity index (χ0n) is 7.70. The lowest BCUT2D eigenvalue weighted by atomic mass is 9.97. The van der Waals surface area contributed by atoms with Crippen LogP contribution in [-0.2, 0) is 4.79 Å². The van der Waals surface area contributed by atoms with Crippen molar-refractivity contribution in [3.05, 3.63) is 0 Å². The Bertz CT molecular complexity index is 156.